The number of aromatic nitrogens is 1. The highest BCUT2D eigenvalue weighted by Gasteiger charge is 2.31. The standard InChI is InChI=1S/C41H40F5N3O3S/c1-27-6-15-36-34(22-27)37(50)23-39(53-26-31-4-3-5-35(42)40(31)43)49(36)25-38(51)48(33-16-18-47(19-17-33)20-21-52-2)24-28-7-9-29(10-8-28)30-11-13-32(14-12-30)41(44,45)46/h3-15,22-23,33H,16-21,24-26H2,1-2H3/i3D,4D,5D,6D,7D,8D,9D,10D,11D,12D,13D,14D,15D,20D2,21D2,22D,23D,25D2. The van der Waals surface area contributed by atoms with Gasteiger partial charge >= 0.3 is 6.18 Å². The number of nitrogens with zero attached hydrogens (tertiary/aromatic N) is 3. The van der Waals surface area contributed by atoms with Crippen molar-refractivity contribution < 1.29 is 60.3 Å². The molecule has 1 fully saturated rings. The van der Waals surface area contributed by atoms with E-state index >= 15 is 9.18 Å². The second kappa shape index (κ2) is 16.7. The molecule has 278 valence electrons. The van der Waals surface area contributed by atoms with Crippen LogP contribution in [0.4, 0.5) is 22.0 Å². The molecule has 1 saturated heterocycles. The summed E-state index contributed by atoms with van der Waals surface area (Å²) in [5.41, 5.74) is -8.43. The highest BCUT2D eigenvalue weighted by Crippen LogP contribution is 2.32. The summed E-state index contributed by atoms with van der Waals surface area (Å²) in [7, 11) is 0.897. The largest absolute Gasteiger partial charge is 0.416 e. The van der Waals surface area contributed by atoms with Crippen molar-refractivity contribution in [3.05, 3.63) is 135 Å². The molecule has 0 bridgehead atoms. The van der Waals surface area contributed by atoms with Crippen LogP contribution in [0.5, 0.6) is 0 Å². The summed E-state index contributed by atoms with van der Waals surface area (Å²) in [6, 6.07) is -19.2. The molecule has 1 amide bonds. The van der Waals surface area contributed by atoms with Crippen molar-refractivity contribution >= 4 is 28.6 Å². The van der Waals surface area contributed by atoms with Crippen LogP contribution in [0.2, 0.25) is 0 Å². The number of methoxy groups -OCH3 is 1. The summed E-state index contributed by atoms with van der Waals surface area (Å²) in [5, 5.41) is -1.84. The number of pyridine rings is 1. The van der Waals surface area contributed by atoms with Gasteiger partial charge in [-0.2, -0.15) is 13.2 Å². The van der Waals surface area contributed by atoms with E-state index in [1.807, 2.05) is 0 Å². The lowest BCUT2D eigenvalue weighted by atomic mass is 10.00. The summed E-state index contributed by atoms with van der Waals surface area (Å²) in [4.78, 5) is 31.0. The van der Waals surface area contributed by atoms with E-state index in [1.54, 1.807) is 0 Å². The molecule has 53 heavy (non-hydrogen) atoms. The van der Waals surface area contributed by atoms with Gasteiger partial charge in [-0.25, -0.2) is 8.78 Å². The molecule has 0 radical (unpaired) electrons. The minimum absolute atomic E-state index is 0.112. The number of piperidine rings is 1. The van der Waals surface area contributed by atoms with E-state index < -0.39 is 227 Å². The molecule has 1 aromatic heterocycles. The van der Waals surface area contributed by atoms with Gasteiger partial charge in [0, 0.05) is 64.8 Å². The van der Waals surface area contributed by atoms with E-state index in [-0.39, 0.29) is 21.9 Å². The monoisotopic (exact) mass is 770 g/mol. The Labute approximate surface area is 338 Å². The molecule has 4 aromatic carbocycles. The Morgan fingerprint density at radius 3 is 2.32 bits per heavy atom. The number of rotatable bonds is 12. The van der Waals surface area contributed by atoms with Crippen LogP contribution in [0.3, 0.4) is 0 Å². The molecule has 2 heterocycles. The predicted molar refractivity (Wildman–Crippen MR) is 198 cm³/mol. The number of alkyl halides is 3. The third kappa shape index (κ3) is 9.17. The van der Waals surface area contributed by atoms with Crippen LogP contribution in [0, 0.1) is 18.6 Å². The maximum absolute atomic E-state index is 15.4. The molecule has 0 spiro atoms. The minimum Gasteiger partial charge on any atom is -0.383 e. The molecule has 1 aliphatic rings. The number of ether oxygens (including phenoxy) is 1. The Balaban J connectivity index is 1.62. The van der Waals surface area contributed by atoms with E-state index in [0.717, 1.165) is 18.9 Å². The minimum atomic E-state index is -5.41. The van der Waals surface area contributed by atoms with Crippen LogP contribution in [0.25, 0.3) is 22.0 Å². The lowest BCUT2D eigenvalue weighted by Gasteiger charge is -2.39. The second-order valence-electron chi connectivity index (χ2n) is 11.4. The molecule has 0 N–H and O–H groups in total. The zero-order chi connectivity index (χ0) is 56.1. The number of amides is 1. The van der Waals surface area contributed by atoms with Gasteiger partial charge in [0.15, 0.2) is 17.1 Å². The zero-order valence-corrected chi connectivity index (χ0v) is 28.5. The Bertz CT molecular complexity index is 3160. The molecule has 0 aliphatic carbocycles. The Morgan fingerprint density at radius 1 is 0.981 bits per heavy atom. The maximum Gasteiger partial charge on any atom is 0.416 e. The van der Waals surface area contributed by atoms with Gasteiger partial charge in [-0.15, -0.1) is 11.8 Å². The van der Waals surface area contributed by atoms with Crippen molar-refractivity contribution in [3.8, 4) is 11.1 Å². The quantitative estimate of drug-likeness (QED) is 0.0940. The van der Waals surface area contributed by atoms with Gasteiger partial charge in [-0.05, 0) is 66.7 Å². The molecular weight excluding hydrogens is 710 g/mol. The maximum atomic E-state index is 15.4. The normalized spacial score (nSPS) is 20.6. The molecule has 1 aliphatic heterocycles. The number of fused-ring (bicyclic) bond motifs is 1. The van der Waals surface area contributed by atoms with Crippen LogP contribution < -0.4 is 5.43 Å². The van der Waals surface area contributed by atoms with Gasteiger partial charge in [0.25, 0.3) is 0 Å². The van der Waals surface area contributed by atoms with Crippen molar-refractivity contribution in [3.63, 3.8) is 0 Å². The highest BCUT2D eigenvalue weighted by molar-refractivity contribution is 7.98. The number of halogens is 5. The average Bonchev–Trinajstić information content (AvgIpc) is 3.33. The molecule has 0 saturated carbocycles. The number of likely N-dealkylation sites (tertiary alicyclic amines) is 1. The topological polar surface area (TPSA) is 54.8 Å². The first kappa shape index (κ1) is 19.7. The second-order valence-corrected chi connectivity index (χ2v) is 12.3. The first-order valence-corrected chi connectivity index (χ1v) is 16.5. The van der Waals surface area contributed by atoms with Crippen molar-refractivity contribution in [1.82, 2.24) is 14.4 Å². The molecule has 6 nitrogen and oxygen atoms in total. The van der Waals surface area contributed by atoms with E-state index in [1.165, 1.54) is 0 Å². The fraction of sp³-hybridized carbons (Fsp3) is 0.317. The third-order valence-corrected chi connectivity index (χ3v) is 8.82. The summed E-state index contributed by atoms with van der Waals surface area (Å²) >= 11 is 0.112. The predicted octanol–water partition coefficient (Wildman–Crippen LogP) is 8.71. The van der Waals surface area contributed by atoms with Gasteiger partial charge in [-0.1, -0.05) is 59.9 Å². The van der Waals surface area contributed by atoms with E-state index in [4.69, 9.17) is 30.8 Å². The Hall–Kier alpha value is -4.52. The number of carbonyl (C=O) groups excluding carboxylic acids is 1. The lowest BCUT2D eigenvalue weighted by Crippen LogP contribution is -2.48. The molecule has 0 atom stereocenters. The molecule has 5 aromatic rings. The fourth-order valence-electron chi connectivity index (χ4n) is 5.21. The number of benzene rings is 4. The van der Waals surface area contributed by atoms with Gasteiger partial charge in [0.05, 0.1) is 48.7 Å². The van der Waals surface area contributed by atoms with Crippen molar-refractivity contribution in [2.24, 2.45) is 0 Å². The number of thioether (sulfide) groups is 1. The SMILES string of the molecule is [2H]c1c([2H])c(F)c(F)c(CSc2c([2H])c(=O)c3c([2H])c(C)c([2H])c([2H])c3n2C([2H])([2H])C(=O)N(Cc2c([2H])c([2H])c(-c3c([2H])c([2H])c(C(F)(F)F)c([2H])c3[2H])c([2H])c2[2H])C2CCN(C([2H])([2H])C([2H])([2H])OC)CC2)c1[2H]. The van der Waals surface area contributed by atoms with Gasteiger partial charge in [0.1, 0.15) is 6.50 Å². The zero-order valence-electron chi connectivity index (χ0n) is 48.7. The summed E-state index contributed by atoms with van der Waals surface area (Å²) < 4.78 is 257. The average molecular weight is 771 g/mol. The van der Waals surface area contributed by atoms with E-state index in [0.29, 0.717) is 4.90 Å². The van der Waals surface area contributed by atoms with Gasteiger partial charge < -0.3 is 19.1 Å². The molecule has 12 heteroatoms. The van der Waals surface area contributed by atoms with E-state index in [2.05, 4.69) is 0 Å². The van der Waals surface area contributed by atoms with E-state index in [9.17, 15) is 25.1 Å². The van der Waals surface area contributed by atoms with Crippen LogP contribution in [-0.2, 0) is 34.5 Å². The highest BCUT2D eigenvalue weighted by atomic mass is 32.2. The van der Waals surface area contributed by atoms with Crippen LogP contribution >= 0.6 is 11.8 Å². The lowest BCUT2D eigenvalue weighted by molar-refractivity contribution is -0.137. The van der Waals surface area contributed by atoms with Crippen LogP contribution in [0.15, 0.2) is 100 Å². The first-order chi connectivity index (χ1) is 33.9. The van der Waals surface area contributed by atoms with Gasteiger partial charge in [0.2, 0.25) is 5.91 Å². The number of hydrogen-bond acceptors (Lipinski definition) is 5. The molecular formula is C41H40F5N3O3S. The van der Waals surface area contributed by atoms with Crippen molar-refractivity contribution in [2.75, 3.05) is 33.3 Å². The smallest absolute Gasteiger partial charge is 0.383 e. The van der Waals surface area contributed by atoms with Crippen molar-refractivity contribution in [2.45, 2.75) is 55.8 Å². The van der Waals surface area contributed by atoms with Crippen LogP contribution in [-0.4, -0.2) is 59.6 Å². The Morgan fingerprint density at radius 2 is 1.66 bits per heavy atom. The number of carbonyl (C=O) groups is 1. The third-order valence-electron chi connectivity index (χ3n) is 7.83. The number of hydrogen-bond donors (Lipinski definition) is 0. The van der Waals surface area contributed by atoms with Crippen LogP contribution in [0.1, 0.15) is 63.9 Å². The first-order valence-electron chi connectivity index (χ1n) is 26.1. The summed E-state index contributed by atoms with van der Waals surface area (Å²) in [6.07, 6.45) is -6.21. The summed E-state index contributed by atoms with van der Waals surface area (Å²) in [6.45, 7) is -10.5. The summed E-state index contributed by atoms with van der Waals surface area (Å²) in [5.74, 6) is -6.48. The Kier molecular flexibility index (Phi) is 6.19. The molecule has 6 rings (SSSR count). The molecule has 0 unspecified atom stereocenters. The fourth-order valence-corrected chi connectivity index (χ4v) is 6.12. The van der Waals surface area contributed by atoms with Crippen molar-refractivity contribution in [1.29, 1.82) is 0 Å². The van der Waals surface area contributed by atoms with Gasteiger partial charge in [-0.3, -0.25) is 9.59 Å².